The molecule has 0 saturated carbocycles. The Morgan fingerprint density at radius 3 is 2.71 bits per heavy atom. The molecule has 0 radical (unpaired) electrons. The fraction of sp³-hybridized carbons (Fsp3) is 0.450. The summed E-state index contributed by atoms with van der Waals surface area (Å²) in [6.45, 7) is 4.91. The average Bonchev–Trinajstić information content (AvgIpc) is 3.18. The molecule has 148 valence electrons. The second kappa shape index (κ2) is 8.12. The van der Waals surface area contributed by atoms with E-state index >= 15 is 0 Å². The van der Waals surface area contributed by atoms with E-state index in [1.165, 1.54) is 6.33 Å². The van der Waals surface area contributed by atoms with E-state index in [1.807, 2.05) is 31.2 Å². The first kappa shape index (κ1) is 18.6. The molecule has 1 amide bonds. The minimum absolute atomic E-state index is 0.114. The molecule has 2 fully saturated rings. The number of ether oxygens (including phenoxy) is 3. The number of aromatic nitrogens is 2. The van der Waals surface area contributed by atoms with Crippen LogP contribution in [0, 0.1) is 0 Å². The summed E-state index contributed by atoms with van der Waals surface area (Å²) in [4.78, 5) is 23.1. The van der Waals surface area contributed by atoms with Gasteiger partial charge in [-0.25, -0.2) is 9.97 Å². The van der Waals surface area contributed by atoms with Gasteiger partial charge in [-0.15, -0.1) is 0 Å². The van der Waals surface area contributed by atoms with Crippen molar-refractivity contribution in [2.24, 2.45) is 0 Å². The van der Waals surface area contributed by atoms with Crippen molar-refractivity contribution in [2.45, 2.75) is 25.6 Å². The zero-order valence-electron chi connectivity index (χ0n) is 15.9. The molecule has 0 unspecified atom stereocenters. The first-order valence-electron chi connectivity index (χ1n) is 9.57. The average molecular weight is 384 g/mol. The number of nitrogens with one attached hydrogen (secondary N) is 1. The molecule has 2 aliphatic heterocycles. The first-order chi connectivity index (χ1) is 13.7. The lowest BCUT2D eigenvalue weighted by molar-refractivity contribution is -0.181. The Hall–Kier alpha value is -2.71. The third kappa shape index (κ3) is 3.93. The lowest BCUT2D eigenvalue weighted by Gasteiger charge is -2.37. The molecule has 3 heterocycles. The number of likely N-dealkylation sites (tertiary alicyclic amines) is 1. The summed E-state index contributed by atoms with van der Waals surface area (Å²) >= 11 is 0. The molecule has 2 aliphatic rings. The van der Waals surface area contributed by atoms with Gasteiger partial charge in [0, 0.05) is 32.0 Å². The molecule has 2 saturated heterocycles. The van der Waals surface area contributed by atoms with Gasteiger partial charge in [-0.05, 0) is 19.1 Å². The van der Waals surface area contributed by atoms with Gasteiger partial charge in [0.1, 0.15) is 23.6 Å². The van der Waals surface area contributed by atoms with Gasteiger partial charge in [0.2, 0.25) is 0 Å². The van der Waals surface area contributed by atoms with E-state index in [2.05, 4.69) is 15.3 Å². The summed E-state index contributed by atoms with van der Waals surface area (Å²) < 4.78 is 17.1. The number of para-hydroxylation sites is 2. The predicted octanol–water partition coefficient (Wildman–Crippen LogP) is 2.60. The maximum Gasteiger partial charge on any atom is 0.272 e. The number of hydrogen-bond donors (Lipinski definition) is 1. The van der Waals surface area contributed by atoms with Crippen molar-refractivity contribution < 1.29 is 19.0 Å². The van der Waals surface area contributed by atoms with Gasteiger partial charge >= 0.3 is 0 Å². The van der Waals surface area contributed by atoms with Crippen LogP contribution in [0.4, 0.5) is 11.5 Å². The van der Waals surface area contributed by atoms with Gasteiger partial charge in [-0.3, -0.25) is 4.79 Å². The largest absolute Gasteiger partial charge is 0.492 e. The van der Waals surface area contributed by atoms with E-state index in [9.17, 15) is 4.79 Å². The van der Waals surface area contributed by atoms with Crippen LogP contribution >= 0.6 is 0 Å². The van der Waals surface area contributed by atoms with E-state index in [1.54, 1.807) is 11.0 Å². The van der Waals surface area contributed by atoms with Gasteiger partial charge in [-0.1, -0.05) is 12.1 Å². The van der Waals surface area contributed by atoms with Gasteiger partial charge < -0.3 is 24.4 Å². The van der Waals surface area contributed by atoms with Crippen LogP contribution in [0.2, 0.25) is 0 Å². The Morgan fingerprint density at radius 2 is 1.96 bits per heavy atom. The minimum Gasteiger partial charge on any atom is -0.492 e. The second-order valence-electron chi connectivity index (χ2n) is 6.74. The first-order valence-corrected chi connectivity index (χ1v) is 9.57. The SMILES string of the molecule is CCOc1ccccc1Nc1cc(C(=O)N2CCC3(CC2)OCCO3)ncn1. The topological polar surface area (TPSA) is 85.8 Å². The third-order valence-electron chi connectivity index (χ3n) is 4.96. The molecular formula is C20H24N4O4. The molecule has 2 aromatic rings. The van der Waals surface area contributed by atoms with Crippen LogP contribution < -0.4 is 10.1 Å². The van der Waals surface area contributed by atoms with Crippen molar-refractivity contribution in [2.75, 3.05) is 38.2 Å². The quantitative estimate of drug-likeness (QED) is 0.848. The maximum atomic E-state index is 12.9. The van der Waals surface area contributed by atoms with Crippen LogP contribution in [0.15, 0.2) is 36.7 Å². The Bertz CT molecular complexity index is 828. The van der Waals surface area contributed by atoms with Crippen LogP contribution in [0.3, 0.4) is 0 Å². The molecule has 8 nitrogen and oxygen atoms in total. The maximum absolute atomic E-state index is 12.9. The van der Waals surface area contributed by atoms with Crippen LogP contribution in [0.1, 0.15) is 30.3 Å². The summed E-state index contributed by atoms with van der Waals surface area (Å²) in [6.07, 6.45) is 2.75. The van der Waals surface area contributed by atoms with E-state index in [-0.39, 0.29) is 5.91 Å². The molecule has 0 bridgehead atoms. The number of piperidine rings is 1. The van der Waals surface area contributed by atoms with Crippen molar-refractivity contribution in [3.63, 3.8) is 0 Å². The molecule has 1 aromatic carbocycles. The Kier molecular flexibility index (Phi) is 5.40. The molecule has 1 spiro atoms. The van der Waals surface area contributed by atoms with Gasteiger partial charge in [0.05, 0.1) is 25.5 Å². The monoisotopic (exact) mass is 384 g/mol. The summed E-state index contributed by atoms with van der Waals surface area (Å²) in [6, 6.07) is 9.27. The predicted molar refractivity (Wildman–Crippen MR) is 103 cm³/mol. The Morgan fingerprint density at radius 1 is 1.21 bits per heavy atom. The standard InChI is InChI=1S/C20H24N4O4/c1-2-26-17-6-4-3-5-15(17)23-18-13-16(21-14-22-18)19(25)24-9-7-20(8-10-24)27-11-12-28-20/h3-6,13-14H,2,7-12H2,1H3,(H,21,22,23). The van der Waals surface area contributed by atoms with E-state index in [0.29, 0.717) is 57.3 Å². The summed E-state index contributed by atoms with van der Waals surface area (Å²) in [5, 5.41) is 3.21. The molecule has 1 aromatic heterocycles. The number of carbonyl (C=O) groups is 1. The minimum atomic E-state index is -0.502. The number of benzene rings is 1. The summed E-state index contributed by atoms with van der Waals surface area (Å²) in [5.41, 5.74) is 1.15. The highest BCUT2D eigenvalue weighted by Crippen LogP contribution is 2.32. The zero-order chi connectivity index (χ0) is 19.4. The fourth-order valence-corrected chi connectivity index (χ4v) is 3.53. The Balaban J connectivity index is 1.44. The van der Waals surface area contributed by atoms with Crippen molar-refractivity contribution in [3.05, 3.63) is 42.4 Å². The van der Waals surface area contributed by atoms with Gasteiger partial charge in [0.15, 0.2) is 5.79 Å². The van der Waals surface area contributed by atoms with Crippen LogP contribution in [-0.4, -0.2) is 59.5 Å². The molecular weight excluding hydrogens is 360 g/mol. The lowest BCUT2D eigenvalue weighted by Crippen LogP contribution is -2.47. The number of hydrogen-bond acceptors (Lipinski definition) is 7. The summed E-state index contributed by atoms with van der Waals surface area (Å²) in [7, 11) is 0. The second-order valence-corrected chi connectivity index (χ2v) is 6.74. The molecule has 0 atom stereocenters. The Labute approximate surface area is 163 Å². The van der Waals surface area contributed by atoms with E-state index < -0.39 is 5.79 Å². The molecule has 28 heavy (non-hydrogen) atoms. The number of carbonyl (C=O) groups excluding carboxylic acids is 1. The van der Waals surface area contributed by atoms with Crippen LogP contribution in [0.5, 0.6) is 5.75 Å². The molecule has 4 rings (SSSR count). The number of amides is 1. The highest BCUT2D eigenvalue weighted by atomic mass is 16.7. The number of anilines is 2. The third-order valence-corrected chi connectivity index (χ3v) is 4.96. The molecule has 0 aliphatic carbocycles. The zero-order valence-corrected chi connectivity index (χ0v) is 15.9. The molecule has 8 heteroatoms. The van der Waals surface area contributed by atoms with Crippen LogP contribution in [-0.2, 0) is 9.47 Å². The summed E-state index contributed by atoms with van der Waals surface area (Å²) in [5.74, 6) is 0.658. The number of nitrogens with zero attached hydrogens (tertiary/aromatic N) is 3. The van der Waals surface area contributed by atoms with Crippen molar-refractivity contribution in [1.82, 2.24) is 14.9 Å². The normalized spacial score (nSPS) is 18.2. The fourth-order valence-electron chi connectivity index (χ4n) is 3.53. The lowest BCUT2D eigenvalue weighted by atomic mass is 10.0. The van der Waals surface area contributed by atoms with Crippen molar-refractivity contribution >= 4 is 17.4 Å². The van der Waals surface area contributed by atoms with E-state index in [4.69, 9.17) is 14.2 Å². The number of rotatable bonds is 5. The van der Waals surface area contributed by atoms with E-state index in [0.717, 1.165) is 11.4 Å². The van der Waals surface area contributed by atoms with Crippen molar-refractivity contribution in [1.29, 1.82) is 0 Å². The smallest absolute Gasteiger partial charge is 0.272 e. The van der Waals surface area contributed by atoms with Gasteiger partial charge in [-0.2, -0.15) is 0 Å². The van der Waals surface area contributed by atoms with Crippen molar-refractivity contribution in [3.8, 4) is 5.75 Å². The highest BCUT2D eigenvalue weighted by molar-refractivity contribution is 5.93. The highest BCUT2D eigenvalue weighted by Gasteiger charge is 2.41. The molecule has 1 N–H and O–H groups in total. The van der Waals surface area contributed by atoms with Gasteiger partial charge in [0.25, 0.3) is 5.91 Å². The van der Waals surface area contributed by atoms with Crippen LogP contribution in [0.25, 0.3) is 0 Å².